The van der Waals surface area contributed by atoms with Crippen molar-refractivity contribution in [3.05, 3.63) is 12.2 Å². The van der Waals surface area contributed by atoms with Gasteiger partial charge in [0, 0.05) is 56.4 Å². The first kappa shape index (κ1) is 90.9. The molecule has 572 valence electrons. The van der Waals surface area contributed by atoms with Crippen LogP contribution in [0.15, 0.2) is 12.2 Å². The Hall–Kier alpha value is -7.08. The SMILES string of the molecule is C/C=C/C[C@@H](C)[C@@H](OC(=O)CN(C)C(=O)[C@@H](N)COP(=O)(O)O)[C@H]1C(=O)N[C@@H](CC)C(=O)N(C)CC(=O)N(C)[C@@H](CC(C)C)C(=O)N[C@@H](C(C)C)C(=O)N(C)[C@@H](CC(C)C)C(=O)N[C@@H](C)C(=O)N[C@@H](C)C(=O)N(C)[C@@H](CC(C)C)C(=O)N(C)[C@@H](CC(C)C)C(=O)N(C)[C@@H](C(C)C)C(=O)N1C. The number of carbonyl (C=O) groups excluding carboxylic acids is 13. The van der Waals surface area contributed by atoms with Gasteiger partial charge in [-0.05, 0) is 101 Å². The molecule has 1 aliphatic heterocycles. The first-order chi connectivity index (χ1) is 46.0. The summed E-state index contributed by atoms with van der Waals surface area (Å²) in [4.78, 5) is 218. The Labute approximate surface area is 593 Å². The van der Waals surface area contributed by atoms with E-state index in [1.807, 2.05) is 55.4 Å². The highest BCUT2D eigenvalue weighted by Gasteiger charge is 2.47. The van der Waals surface area contributed by atoms with Crippen LogP contribution < -0.4 is 27.0 Å². The van der Waals surface area contributed by atoms with Crippen molar-refractivity contribution >= 4 is 84.7 Å². The zero-order chi connectivity index (χ0) is 77.6. The van der Waals surface area contributed by atoms with Crippen molar-refractivity contribution < 1.29 is 85.9 Å². The summed E-state index contributed by atoms with van der Waals surface area (Å²) in [5.74, 6) is -13.6. The van der Waals surface area contributed by atoms with E-state index in [0.29, 0.717) is 0 Å². The van der Waals surface area contributed by atoms with Gasteiger partial charge in [0.15, 0.2) is 0 Å². The number of likely N-dealkylation sites (N-methyl/N-ethyl adjacent to an activating group) is 8. The maximum absolute atomic E-state index is 15.7. The normalized spacial score (nSPS) is 25.0. The molecule has 1 aliphatic rings. The fourth-order valence-corrected chi connectivity index (χ4v) is 12.2. The van der Waals surface area contributed by atoms with Crippen molar-refractivity contribution in [1.82, 2.24) is 60.5 Å². The molecule has 12 amide bonds. The Bertz CT molecular complexity index is 2910. The van der Waals surface area contributed by atoms with Crippen molar-refractivity contribution in [3.63, 3.8) is 0 Å². The maximum atomic E-state index is 15.7. The lowest BCUT2D eigenvalue weighted by Crippen LogP contribution is -2.64. The van der Waals surface area contributed by atoms with Crippen LogP contribution in [0.1, 0.15) is 156 Å². The van der Waals surface area contributed by atoms with Crippen LogP contribution in [0.25, 0.3) is 0 Å². The topological polar surface area (TPSA) is 398 Å². The van der Waals surface area contributed by atoms with Crippen molar-refractivity contribution in [3.8, 4) is 0 Å². The summed E-state index contributed by atoms with van der Waals surface area (Å²) in [5, 5.41) is 10.9. The summed E-state index contributed by atoms with van der Waals surface area (Å²) < 4.78 is 22.0. The maximum Gasteiger partial charge on any atom is 0.469 e. The highest BCUT2D eigenvalue weighted by molar-refractivity contribution is 7.46. The Kier molecular flexibility index (Phi) is 37.4. The molecule has 1 heterocycles. The molecule has 0 spiro atoms. The van der Waals surface area contributed by atoms with Crippen molar-refractivity contribution in [2.45, 2.75) is 229 Å². The molecule has 1 rings (SSSR count). The van der Waals surface area contributed by atoms with Crippen LogP contribution in [0, 0.1) is 41.4 Å². The van der Waals surface area contributed by atoms with E-state index in [1.165, 1.54) is 77.9 Å². The van der Waals surface area contributed by atoms with Crippen LogP contribution in [0.4, 0.5) is 0 Å². The van der Waals surface area contributed by atoms with Gasteiger partial charge in [-0.2, -0.15) is 0 Å². The highest BCUT2D eigenvalue weighted by atomic mass is 31.2. The number of allylic oxidation sites excluding steroid dienone is 2. The summed E-state index contributed by atoms with van der Waals surface area (Å²) >= 11 is 0. The lowest BCUT2D eigenvalue weighted by Gasteiger charge is -2.42. The third-order valence-electron chi connectivity index (χ3n) is 17.8. The summed E-state index contributed by atoms with van der Waals surface area (Å²) in [5.41, 5.74) is 5.90. The number of hydrogen-bond acceptors (Lipinski definition) is 17. The first-order valence-electron chi connectivity index (χ1n) is 34.6. The second kappa shape index (κ2) is 41.1. The molecule has 100 heavy (non-hydrogen) atoms. The predicted octanol–water partition coefficient (Wildman–Crippen LogP) is 1.71. The predicted molar refractivity (Wildman–Crippen MR) is 376 cm³/mol. The van der Waals surface area contributed by atoms with Gasteiger partial charge in [-0.1, -0.05) is 109 Å². The molecule has 1 fully saturated rings. The summed E-state index contributed by atoms with van der Waals surface area (Å²) in [6.45, 7) is 26.5. The summed E-state index contributed by atoms with van der Waals surface area (Å²) in [7, 11) is 5.55. The monoisotopic (exact) mass is 1440 g/mol. The number of hydrogen-bond donors (Lipinski definition) is 7. The van der Waals surface area contributed by atoms with Crippen molar-refractivity contribution in [2.75, 3.05) is 76.1 Å². The van der Waals surface area contributed by atoms with Crippen LogP contribution in [0.5, 0.6) is 0 Å². The number of nitrogens with one attached hydrogen (secondary N) is 4. The molecule has 0 unspecified atom stereocenters. The van der Waals surface area contributed by atoms with E-state index in [-0.39, 0.29) is 62.2 Å². The minimum absolute atomic E-state index is 0.0447. The average Bonchev–Trinajstić information content (AvgIpc) is 0.798. The van der Waals surface area contributed by atoms with Gasteiger partial charge in [-0.15, -0.1) is 0 Å². The van der Waals surface area contributed by atoms with Gasteiger partial charge in [-0.25, -0.2) is 4.57 Å². The Morgan fingerprint density at radius 2 is 1.01 bits per heavy atom. The molecule has 0 radical (unpaired) electrons. The summed E-state index contributed by atoms with van der Waals surface area (Å²) in [6, 6.07) is -15.2. The number of phosphoric acid groups is 1. The van der Waals surface area contributed by atoms with Gasteiger partial charge in [0.1, 0.15) is 79.1 Å². The largest absolute Gasteiger partial charge is 0.469 e. The third-order valence-corrected chi connectivity index (χ3v) is 18.3. The standard InChI is InChI=1S/C68H122N13O18P/c1-26-28-29-43(15)57(99-53(83)35-75(19)63(89)46(69)36-98-100(95,96)97)56-61(87)72-47(27-2)64(90)74(18)34-52(82)76(20)48(30-37(3)4)60(86)73-54(41(11)12)67(93)77(21)49(31-38(5)6)59(85)70-44(16)58(84)71-45(17)62(88)78(22)50(32-39(7)8)65(91)79(23)51(33-40(9)10)66(92)80(24)55(42(13)14)68(94)81(56)25/h26,28,37-51,54-57H,27,29-36,69H2,1-25H3,(H,70,85)(H,71,84)(H,72,87)(H,73,86)(H2,95,96,97)/b28-26+/t43-,44+,45+,46+,47+,48+,49+,50+,51+,54+,55+,56+,57-/m1/s1. The van der Waals surface area contributed by atoms with E-state index < -0.39 is 195 Å². The van der Waals surface area contributed by atoms with Crippen LogP contribution in [0.2, 0.25) is 0 Å². The van der Waals surface area contributed by atoms with E-state index in [2.05, 4.69) is 25.8 Å². The number of ether oxygens (including phenoxy) is 1. The fourth-order valence-electron chi connectivity index (χ4n) is 11.8. The number of esters is 1. The van der Waals surface area contributed by atoms with Crippen LogP contribution in [-0.4, -0.2) is 274 Å². The van der Waals surface area contributed by atoms with Gasteiger partial charge < -0.3 is 80.7 Å². The fraction of sp³-hybridized carbons (Fsp3) is 0.779. The second-order valence-electron chi connectivity index (χ2n) is 29.1. The minimum atomic E-state index is -5.08. The van der Waals surface area contributed by atoms with Crippen LogP contribution in [-0.2, 0) is 76.2 Å². The molecule has 0 aromatic carbocycles. The summed E-state index contributed by atoms with van der Waals surface area (Å²) in [6.07, 6.45) is 2.06. The molecule has 0 aromatic rings. The number of carbonyl (C=O) groups is 13. The molecule has 0 aromatic heterocycles. The number of nitrogens with zero attached hydrogens (tertiary/aromatic N) is 8. The minimum Gasteiger partial charge on any atom is -0.458 e. The molecule has 8 N–H and O–H groups in total. The molecule has 1 saturated heterocycles. The van der Waals surface area contributed by atoms with Crippen molar-refractivity contribution in [2.24, 2.45) is 47.2 Å². The number of phosphoric ester groups is 1. The first-order valence-corrected chi connectivity index (χ1v) is 36.1. The third kappa shape index (κ3) is 27.0. The molecule has 32 heteroatoms. The Balaban J connectivity index is 4.59. The smallest absolute Gasteiger partial charge is 0.458 e. The number of amides is 12. The number of nitrogens with two attached hydrogens (primary N) is 1. The highest BCUT2D eigenvalue weighted by Crippen LogP contribution is 2.36. The second-order valence-corrected chi connectivity index (χ2v) is 30.4. The van der Waals surface area contributed by atoms with Crippen LogP contribution in [0.3, 0.4) is 0 Å². The zero-order valence-corrected chi connectivity index (χ0v) is 64.9. The quantitative estimate of drug-likeness (QED) is 0.0461. The molecule has 13 atom stereocenters. The lowest BCUT2D eigenvalue weighted by molar-refractivity contribution is -0.167. The van der Waals surface area contributed by atoms with E-state index in [4.69, 9.17) is 10.5 Å². The van der Waals surface area contributed by atoms with E-state index >= 15 is 19.2 Å². The average molecular weight is 1440 g/mol. The Morgan fingerprint density at radius 1 is 0.570 bits per heavy atom. The Morgan fingerprint density at radius 3 is 1.47 bits per heavy atom. The molecule has 0 saturated carbocycles. The number of rotatable bonds is 22. The van der Waals surface area contributed by atoms with Gasteiger partial charge in [-0.3, -0.25) is 66.9 Å². The van der Waals surface area contributed by atoms with E-state index in [9.17, 15) is 57.5 Å². The van der Waals surface area contributed by atoms with Crippen LogP contribution >= 0.6 is 7.82 Å². The van der Waals surface area contributed by atoms with E-state index in [1.54, 1.807) is 60.6 Å². The van der Waals surface area contributed by atoms with Gasteiger partial charge in [0.05, 0.1) is 13.2 Å². The lowest BCUT2D eigenvalue weighted by atomic mass is 9.91. The van der Waals surface area contributed by atoms with Gasteiger partial charge in [0.25, 0.3) is 0 Å². The molecule has 0 bridgehead atoms. The molecular weight excluding hydrogens is 1320 g/mol. The molecule has 31 nitrogen and oxygen atoms in total. The molecule has 0 aliphatic carbocycles. The zero-order valence-electron chi connectivity index (χ0n) is 64.0. The van der Waals surface area contributed by atoms with Crippen molar-refractivity contribution in [1.29, 1.82) is 0 Å². The molecular formula is C68H122N13O18P. The van der Waals surface area contributed by atoms with Gasteiger partial charge >= 0.3 is 13.8 Å². The van der Waals surface area contributed by atoms with E-state index in [0.717, 1.165) is 31.5 Å². The van der Waals surface area contributed by atoms with Gasteiger partial charge in [0.2, 0.25) is 70.9 Å².